The third-order valence-electron chi connectivity index (χ3n) is 2.33. The first-order chi connectivity index (χ1) is 8.08. The second kappa shape index (κ2) is 4.89. The molecule has 0 aliphatic heterocycles. The minimum atomic E-state index is -1.08. The van der Waals surface area contributed by atoms with Crippen molar-refractivity contribution in [3.05, 3.63) is 33.9 Å². The third kappa shape index (κ3) is 2.68. The number of carboxylic acid groups (broad SMARTS) is 1. The van der Waals surface area contributed by atoms with Gasteiger partial charge in [-0.1, -0.05) is 11.6 Å². The maximum atomic E-state index is 13.7. The molecule has 1 aromatic heterocycles. The van der Waals surface area contributed by atoms with Crippen molar-refractivity contribution in [3.63, 3.8) is 0 Å². The predicted molar refractivity (Wildman–Crippen MR) is 66.5 cm³/mol. The summed E-state index contributed by atoms with van der Waals surface area (Å²) in [6, 6.07) is 3.21. The molecule has 2 N–H and O–H groups in total. The Kier molecular flexibility index (Phi) is 3.49. The average Bonchev–Trinajstić information content (AvgIpc) is 2.61. The van der Waals surface area contributed by atoms with Gasteiger partial charge >= 0.3 is 6.09 Å². The molecule has 0 bridgehead atoms. The summed E-state index contributed by atoms with van der Waals surface area (Å²) >= 11 is 7.20. The van der Waals surface area contributed by atoms with Crippen LogP contribution in [0.2, 0.25) is 5.02 Å². The van der Waals surface area contributed by atoms with Gasteiger partial charge < -0.3 is 10.4 Å². The molecule has 2 aromatic rings. The fraction of sp³-hybridized carbons (Fsp3) is 0.182. The van der Waals surface area contributed by atoms with Crippen molar-refractivity contribution in [2.45, 2.75) is 6.42 Å². The largest absolute Gasteiger partial charge is 0.465 e. The normalized spacial score (nSPS) is 10.7. The molecule has 0 unspecified atom stereocenters. The van der Waals surface area contributed by atoms with Gasteiger partial charge in [0.2, 0.25) is 0 Å². The van der Waals surface area contributed by atoms with Crippen molar-refractivity contribution in [2.24, 2.45) is 0 Å². The molecule has 1 heterocycles. The first-order valence-corrected chi connectivity index (χ1v) is 6.15. The molecule has 0 radical (unpaired) electrons. The van der Waals surface area contributed by atoms with Crippen LogP contribution in [0.1, 0.15) is 5.56 Å². The predicted octanol–water partition coefficient (Wildman–Crippen LogP) is 3.50. The van der Waals surface area contributed by atoms with E-state index in [9.17, 15) is 9.18 Å². The lowest BCUT2D eigenvalue weighted by Gasteiger charge is -2.03. The summed E-state index contributed by atoms with van der Waals surface area (Å²) in [5, 5.41) is 13.6. The number of amides is 1. The zero-order chi connectivity index (χ0) is 12.4. The molecule has 0 fully saturated rings. The number of halogens is 2. The molecule has 90 valence electrons. The molecule has 6 heteroatoms. The molecule has 2 rings (SSSR count). The summed E-state index contributed by atoms with van der Waals surface area (Å²) in [5.74, 6) is -0.315. The maximum Gasteiger partial charge on any atom is 0.404 e. The zero-order valence-electron chi connectivity index (χ0n) is 8.67. The standard InChI is InChI=1S/C11H9ClFNO2S/c12-8-5-17-10-7(8)3-6(4-9(10)13)1-2-14-11(15)16/h3-5,14H,1-2H2,(H,15,16). The average molecular weight is 274 g/mol. The summed E-state index contributed by atoms with van der Waals surface area (Å²) in [6.45, 7) is 0.252. The first kappa shape index (κ1) is 12.1. The van der Waals surface area contributed by atoms with E-state index in [1.807, 2.05) is 0 Å². The Balaban J connectivity index is 2.23. The number of rotatable bonds is 3. The van der Waals surface area contributed by atoms with Gasteiger partial charge in [0.05, 0.1) is 9.72 Å². The number of fused-ring (bicyclic) bond motifs is 1. The van der Waals surface area contributed by atoms with Crippen LogP contribution >= 0.6 is 22.9 Å². The van der Waals surface area contributed by atoms with Crippen molar-refractivity contribution >= 4 is 39.1 Å². The Hall–Kier alpha value is -1.33. The monoisotopic (exact) mass is 273 g/mol. The van der Waals surface area contributed by atoms with Crippen molar-refractivity contribution in [2.75, 3.05) is 6.54 Å². The molecule has 17 heavy (non-hydrogen) atoms. The number of hydrogen-bond donors (Lipinski definition) is 2. The number of benzene rings is 1. The van der Waals surface area contributed by atoms with Crippen LogP contribution in [0, 0.1) is 5.82 Å². The summed E-state index contributed by atoms with van der Waals surface area (Å²) in [5.41, 5.74) is 0.726. The van der Waals surface area contributed by atoms with Gasteiger partial charge in [-0.15, -0.1) is 11.3 Å². The second-order valence-electron chi connectivity index (χ2n) is 3.52. The zero-order valence-corrected chi connectivity index (χ0v) is 10.2. The topological polar surface area (TPSA) is 49.3 Å². The van der Waals surface area contributed by atoms with Gasteiger partial charge in [-0.3, -0.25) is 0 Å². The SMILES string of the molecule is O=C(O)NCCc1cc(F)c2scc(Cl)c2c1. The molecule has 0 aliphatic carbocycles. The summed E-state index contributed by atoms with van der Waals surface area (Å²) in [7, 11) is 0. The summed E-state index contributed by atoms with van der Waals surface area (Å²) in [4.78, 5) is 10.3. The lowest BCUT2D eigenvalue weighted by atomic mass is 10.1. The highest BCUT2D eigenvalue weighted by Gasteiger charge is 2.09. The van der Waals surface area contributed by atoms with Crippen LogP contribution in [0.5, 0.6) is 0 Å². The summed E-state index contributed by atoms with van der Waals surface area (Å²) < 4.78 is 14.2. The fourth-order valence-corrected chi connectivity index (χ4v) is 2.73. The van der Waals surface area contributed by atoms with Crippen molar-refractivity contribution in [1.82, 2.24) is 5.32 Å². The number of thiophene rings is 1. The molecule has 1 amide bonds. The van der Waals surface area contributed by atoms with E-state index in [-0.39, 0.29) is 12.4 Å². The van der Waals surface area contributed by atoms with Gasteiger partial charge in [-0.2, -0.15) is 0 Å². The minimum Gasteiger partial charge on any atom is -0.465 e. The fourth-order valence-electron chi connectivity index (χ4n) is 1.58. The van der Waals surface area contributed by atoms with Crippen LogP contribution in [-0.4, -0.2) is 17.7 Å². The quantitative estimate of drug-likeness (QED) is 0.899. The van der Waals surface area contributed by atoms with Gasteiger partial charge in [-0.05, 0) is 24.1 Å². The van der Waals surface area contributed by atoms with Crippen molar-refractivity contribution in [1.29, 1.82) is 0 Å². The Morgan fingerprint density at radius 3 is 3.00 bits per heavy atom. The molecular formula is C11H9ClFNO2S. The van der Waals surface area contributed by atoms with Crippen molar-refractivity contribution < 1.29 is 14.3 Å². The van der Waals surface area contributed by atoms with E-state index < -0.39 is 6.09 Å². The molecule has 0 aliphatic rings. The Morgan fingerprint density at radius 1 is 1.53 bits per heavy atom. The molecule has 1 aromatic carbocycles. The van der Waals surface area contributed by atoms with Crippen molar-refractivity contribution in [3.8, 4) is 0 Å². The lowest BCUT2D eigenvalue weighted by Crippen LogP contribution is -2.23. The van der Waals surface area contributed by atoms with Gasteiger partial charge in [-0.25, -0.2) is 9.18 Å². The smallest absolute Gasteiger partial charge is 0.404 e. The Labute approximate surface area is 106 Å². The van der Waals surface area contributed by atoms with Crippen LogP contribution in [-0.2, 0) is 6.42 Å². The van der Waals surface area contributed by atoms with Crippen LogP contribution in [0.15, 0.2) is 17.5 Å². The van der Waals surface area contributed by atoms with E-state index in [0.717, 1.165) is 5.56 Å². The van der Waals surface area contributed by atoms with E-state index in [1.165, 1.54) is 17.4 Å². The van der Waals surface area contributed by atoms with Gasteiger partial charge in [0.15, 0.2) is 0 Å². The molecule has 0 atom stereocenters. The van der Waals surface area contributed by atoms with E-state index in [0.29, 0.717) is 21.5 Å². The second-order valence-corrected chi connectivity index (χ2v) is 4.81. The van der Waals surface area contributed by atoms with E-state index in [4.69, 9.17) is 16.7 Å². The van der Waals surface area contributed by atoms with Gasteiger partial charge in [0.1, 0.15) is 5.82 Å². The van der Waals surface area contributed by atoms with Crippen LogP contribution in [0.3, 0.4) is 0 Å². The molecule has 0 spiro atoms. The Morgan fingerprint density at radius 2 is 2.29 bits per heavy atom. The number of nitrogens with one attached hydrogen (secondary N) is 1. The molecule has 0 saturated carbocycles. The summed E-state index contributed by atoms with van der Waals surface area (Å²) in [6.07, 6.45) is -0.647. The van der Waals surface area contributed by atoms with E-state index in [2.05, 4.69) is 5.32 Å². The van der Waals surface area contributed by atoms with Gasteiger partial charge in [0, 0.05) is 17.3 Å². The van der Waals surface area contributed by atoms with Crippen LogP contribution in [0.4, 0.5) is 9.18 Å². The highest BCUT2D eigenvalue weighted by atomic mass is 35.5. The molecular weight excluding hydrogens is 265 g/mol. The van der Waals surface area contributed by atoms with E-state index in [1.54, 1.807) is 11.4 Å². The number of hydrogen-bond acceptors (Lipinski definition) is 2. The van der Waals surface area contributed by atoms with Gasteiger partial charge in [0.25, 0.3) is 0 Å². The highest BCUT2D eigenvalue weighted by Crippen LogP contribution is 2.32. The number of carbonyl (C=O) groups is 1. The third-order valence-corrected chi connectivity index (χ3v) is 3.78. The van der Waals surface area contributed by atoms with Crippen LogP contribution < -0.4 is 5.32 Å². The molecule has 3 nitrogen and oxygen atoms in total. The first-order valence-electron chi connectivity index (χ1n) is 4.90. The van der Waals surface area contributed by atoms with Crippen LogP contribution in [0.25, 0.3) is 10.1 Å². The molecule has 0 saturated heterocycles. The lowest BCUT2D eigenvalue weighted by molar-refractivity contribution is 0.194. The van der Waals surface area contributed by atoms with E-state index >= 15 is 0 Å². The Bertz CT molecular complexity index is 570. The minimum absolute atomic E-state index is 0.252. The highest BCUT2D eigenvalue weighted by molar-refractivity contribution is 7.17. The maximum absolute atomic E-state index is 13.7.